The Morgan fingerprint density at radius 3 is 2.70 bits per heavy atom. The summed E-state index contributed by atoms with van der Waals surface area (Å²) in [6.45, 7) is 2.78. The van der Waals surface area contributed by atoms with Crippen molar-refractivity contribution in [2.75, 3.05) is 6.54 Å². The van der Waals surface area contributed by atoms with Gasteiger partial charge in [-0.25, -0.2) is 0 Å². The number of hydrogen-bond donors (Lipinski definition) is 2. The highest BCUT2D eigenvalue weighted by Crippen LogP contribution is 2.47. The minimum Gasteiger partial charge on any atom is -0.458 e. The van der Waals surface area contributed by atoms with Gasteiger partial charge in [0.05, 0.1) is 0 Å². The number of para-hydroxylation sites is 1. The molecule has 1 saturated carbocycles. The third-order valence-electron chi connectivity index (χ3n) is 4.97. The number of rotatable bonds is 3. The average Bonchev–Trinajstić information content (AvgIpc) is 2.91. The van der Waals surface area contributed by atoms with E-state index >= 15 is 0 Å². The van der Waals surface area contributed by atoms with Crippen molar-refractivity contribution in [3.63, 3.8) is 0 Å². The van der Waals surface area contributed by atoms with Crippen LogP contribution in [0.3, 0.4) is 0 Å². The molecule has 1 aliphatic rings. The van der Waals surface area contributed by atoms with Gasteiger partial charge in [0, 0.05) is 17.3 Å². The van der Waals surface area contributed by atoms with Crippen LogP contribution in [0.1, 0.15) is 44.5 Å². The third-order valence-corrected chi connectivity index (χ3v) is 4.97. The molecule has 1 aliphatic carbocycles. The maximum Gasteiger partial charge on any atom is 0.134 e. The van der Waals surface area contributed by atoms with E-state index in [1.807, 2.05) is 30.3 Å². The molecule has 0 bridgehead atoms. The van der Waals surface area contributed by atoms with E-state index in [1.165, 1.54) is 0 Å². The molecule has 0 radical (unpaired) electrons. The molecule has 0 amide bonds. The van der Waals surface area contributed by atoms with Crippen molar-refractivity contribution in [1.29, 1.82) is 0 Å². The molecular weight excluding hydrogens is 250 g/mol. The van der Waals surface area contributed by atoms with Crippen molar-refractivity contribution >= 4 is 11.0 Å². The SMILES string of the molecule is CC1CCC(CN)(C(O)c2cc3ccccc3o2)CC1. The fourth-order valence-corrected chi connectivity index (χ4v) is 3.37. The molecule has 1 fully saturated rings. The van der Waals surface area contributed by atoms with Crippen molar-refractivity contribution in [1.82, 2.24) is 0 Å². The first-order chi connectivity index (χ1) is 9.64. The fourth-order valence-electron chi connectivity index (χ4n) is 3.37. The largest absolute Gasteiger partial charge is 0.458 e. The monoisotopic (exact) mass is 273 g/mol. The van der Waals surface area contributed by atoms with Crippen LogP contribution in [0.5, 0.6) is 0 Å². The van der Waals surface area contributed by atoms with Crippen molar-refractivity contribution in [2.45, 2.75) is 38.7 Å². The first kappa shape index (κ1) is 13.7. The van der Waals surface area contributed by atoms with Crippen LogP contribution in [-0.4, -0.2) is 11.7 Å². The zero-order chi connectivity index (χ0) is 14.2. The molecule has 1 aromatic heterocycles. The van der Waals surface area contributed by atoms with E-state index in [-0.39, 0.29) is 5.41 Å². The molecular formula is C17H23NO2. The van der Waals surface area contributed by atoms with E-state index in [2.05, 4.69) is 6.92 Å². The van der Waals surface area contributed by atoms with Crippen LogP contribution in [0.25, 0.3) is 11.0 Å². The summed E-state index contributed by atoms with van der Waals surface area (Å²) in [7, 11) is 0. The van der Waals surface area contributed by atoms with E-state index in [0.29, 0.717) is 12.3 Å². The molecule has 20 heavy (non-hydrogen) atoms. The summed E-state index contributed by atoms with van der Waals surface area (Å²) < 4.78 is 5.83. The van der Waals surface area contributed by atoms with Crippen LogP contribution < -0.4 is 5.73 Å². The van der Waals surface area contributed by atoms with Gasteiger partial charge in [0.15, 0.2) is 0 Å². The van der Waals surface area contributed by atoms with Gasteiger partial charge in [0.2, 0.25) is 0 Å². The van der Waals surface area contributed by atoms with Gasteiger partial charge in [-0.1, -0.05) is 38.0 Å². The second-order valence-corrected chi connectivity index (χ2v) is 6.34. The minimum absolute atomic E-state index is 0.222. The Labute approximate surface area is 119 Å². The normalized spacial score (nSPS) is 28.6. The quantitative estimate of drug-likeness (QED) is 0.898. The molecule has 0 saturated heterocycles. The molecule has 3 nitrogen and oxygen atoms in total. The summed E-state index contributed by atoms with van der Waals surface area (Å²) in [6, 6.07) is 9.82. The van der Waals surface area contributed by atoms with Gasteiger partial charge >= 0.3 is 0 Å². The van der Waals surface area contributed by atoms with Crippen LogP contribution in [0.4, 0.5) is 0 Å². The summed E-state index contributed by atoms with van der Waals surface area (Å²) in [6.07, 6.45) is 3.61. The van der Waals surface area contributed by atoms with Crippen molar-refractivity contribution in [2.24, 2.45) is 17.1 Å². The highest BCUT2D eigenvalue weighted by atomic mass is 16.4. The van der Waals surface area contributed by atoms with Crippen LogP contribution >= 0.6 is 0 Å². The van der Waals surface area contributed by atoms with Crippen LogP contribution in [-0.2, 0) is 0 Å². The molecule has 1 heterocycles. The molecule has 0 spiro atoms. The number of furan rings is 1. The Kier molecular flexibility index (Phi) is 3.57. The van der Waals surface area contributed by atoms with E-state index in [9.17, 15) is 5.11 Å². The molecule has 3 rings (SSSR count). The smallest absolute Gasteiger partial charge is 0.134 e. The molecule has 0 aliphatic heterocycles. The van der Waals surface area contributed by atoms with Gasteiger partial charge in [-0.05, 0) is 30.9 Å². The maximum atomic E-state index is 10.8. The lowest BCUT2D eigenvalue weighted by atomic mass is 9.67. The Hall–Kier alpha value is -1.32. The second kappa shape index (κ2) is 5.23. The molecule has 3 heteroatoms. The van der Waals surface area contributed by atoms with Gasteiger partial charge in [-0.15, -0.1) is 0 Å². The highest BCUT2D eigenvalue weighted by molar-refractivity contribution is 5.77. The summed E-state index contributed by atoms with van der Waals surface area (Å²) in [5.41, 5.74) is 6.62. The Morgan fingerprint density at radius 2 is 2.05 bits per heavy atom. The van der Waals surface area contributed by atoms with E-state index in [4.69, 9.17) is 10.2 Å². The predicted octanol–water partition coefficient (Wildman–Crippen LogP) is 3.62. The number of aliphatic hydroxyl groups is 1. The number of aliphatic hydroxyl groups excluding tert-OH is 1. The first-order valence-corrected chi connectivity index (χ1v) is 7.51. The minimum atomic E-state index is -0.604. The van der Waals surface area contributed by atoms with Gasteiger partial charge < -0.3 is 15.3 Å². The summed E-state index contributed by atoms with van der Waals surface area (Å²) in [5.74, 6) is 1.39. The number of benzene rings is 1. The molecule has 1 atom stereocenters. The van der Waals surface area contributed by atoms with Crippen LogP contribution in [0.2, 0.25) is 0 Å². The van der Waals surface area contributed by atoms with Crippen LogP contribution in [0.15, 0.2) is 34.7 Å². The first-order valence-electron chi connectivity index (χ1n) is 7.51. The van der Waals surface area contributed by atoms with Crippen molar-refractivity contribution in [3.05, 3.63) is 36.1 Å². The summed E-state index contributed by atoms with van der Waals surface area (Å²) >= 11 is 0. The van der Waals surface area contributed by atoms with E-state index in [1.54, 1.807) is 0 Å². The van der Waals surface area contributed by atoms with Gasteiger partial charge in [-0.3, -0.25) is 0 Å². The third kappa shape index (κ3) is 2.25. The highest BCUT2D eigenvalue weighted by Gasteiger charge is 2.41. The standard InChI is InChI=1S/C17H23NO2/c1-12-6-8-17(11-18,9-7-12)16(19)15-10-13-4-2-3-5-14(13)20-15/h2-5,10,12,16,19H,6-9,11,18H2,1H3. The summed E-state index contributed by atoms with van der Waals surface area (Å²) in [5, 5.41) is 11.8. The van der Waals surface area contributed by atoms with E-state index < -0.39 is 6.10 Å². The average molecular weight is 273 g/mol. The molecule has 2 aromatic rings. The Bertz CT molecular complexity index is 548. The van der Waals surface area contributed by atoms with E-state index in [0.717, 1.165) is 42.6 Å². The maximum absolute atomic E-state index is 10.8. The molecule has 1 unspecified atom stereocenters. The number of nitrogens with two attached hydrogens (primary N) is 1. The van der Waals surface area contributed by atoms with Crippen molar-refractivity contribution in [3.8, 4) is 0 Å². The Morgan fingerprint density at radius 1 is 1.35 bits per heavy atom. The van der Waals surface area contributed by atoms with Gasteiger partial charge in [0.1, 0.15) is 17.4 Å². The number of hydrogen-bond acceptors (Lipinski definition) is 3. The summed E-state index contributed by atoms with van der Waals surface area (Å²) in [4.78, 5) is 0. The van der Waals surface area contributed by atoms with Crippen LogP contribution in [0, 0.1) is 11.3 Å². The molecule has 3 N–H and O–H groups in total. The predicted molar refractivity (Wildman–Crippen MR) is 80.3 cm³/mol. The molecule has 108 valence electrons. The van der Waals surface area contributed by atoms with Crippen molar-refractivity contribution < 1.29 is 9.52 Å². The zero-order valence-corrected chi connectivity index (χ0v) is 12.0. The topological polar surface area (TPSA) is 59.4 Å². The number of fused-ring (bicyclic) bond motifs is 1. The lowest BCUT2D eigenvalue weighted by Crippen LogP contribution is -2.39. The lowest BCUT2D eigenvalue weighted by molar-refractivity contribution is -0.0202. The Balaban J connectivity index is 1.91. The lowest BCUT2D eigenvalue weighted by Gasteiger charge is -2.41. The second-order valence-electron chi connectivity index (χ2n) is 6.34. The zero-order valence-electron chi connectivity index (χ0n) is 12.0. The van der Waals surface area contributed by atoms with Gasteiger partial charge in [0.25, 0.3) is 0 Å². The molecule has 1 aromatic carbocycles. The fraction of sp³-hybridized carbons (Fsp3) is 0.529. The van der Waals surface area contributed by atoms with Gasteiger partial charge in [-0.2, -0.15) is 0 Å².